The largest absolute Gasteiger partial charge is 0.493 e. The molecular weight excluding hydrogens is 310 g/mol. The topological polar surface area (TPSA) is 46.6 Å². The zero-order valence-electron chi connectivity index (χ0n) is 12.9. The number of nitrogens with zero attached hydrogens (tertiary/aromatic N) is 1. The quantitative estimate of drug-likeness (QED) is 0.831. The maximum Gasteiger partial charge on any atom is 0.151 e. The van der Waals surface area contributed by atoms with Crippen molar-refractivity contribution >= 4 is 21.4 Å². The van der Waals surface area contributed by atoms with Gasteiger partial charge < -0.3 is 4.74 Å². The van der Waals surface area contributed by atoms with Gasteiger partial charge in [-0.2, -0.15) is 0 Å². The minimum Gasteiger partial charge on any atom is -0.493 e. The van der Waals surface area contributed by atoms with Crippen molar-refractivity contribution in [2.75, 3.05) is 19.9 Å². The van der Waals surface area contributed by atoms with E-state index in [2.05, 4.69) is 0 Å². The second kappa shape index (κ2) is 6.15. The standard InChI is InChI=1S/C15H22ClNO3S/c1-10(11(2)21(4,18)19)17(3)9-13-8-14(16)7-12-5-6-20-15(12)13/h7-8,10-11H,5-6,9H2,1-4H3/t10-,11+/m0/s1. The van der Waals surface area contributed by atoms with Crippen molar-refractivity contribution in [2.45, 2.75) is 38.1 Å². The van der Waals surface area contributed by atoms with Crippen LogP contribution in [0.4, 0.5) is 0 Å². The Kier molecular flexibility index (Phi) is 4.85. The van der Waals surface area contributed by atoms with Gasteiger partial charge in [0, 0.05) is 35.8 Å². The number of hydrogen-bond acceptors (Lipinski definition) is 4. The molecule has 118 valence electrons. The summed E-state index contributed by atoms with van der Waals surface area (Å²) in [5.41, 5.74) is 2.15. The number of fused-ring (bicyclic) bond motifs is 1. The average molecular weight is 332 g/mol. The summed E-state index contributed by atoms with van der Waals surface area (Å²) in [6, 6.07) is 3.76. The van der Waals surface area contributed by atoms with Gasteiger partial charge in [-0.3, -0.25) is 4.90 Å². The summed E-state index contributed by atoms with van der Waals surface area (Å²) >= 11 is 6.16. The first-order valence-electron chi connectivity index (χ1n) is 7.03. The molecule has 0 amide bonds. The van der Waals surface area contributed by atoms with E-state index < -0.39 is 15.1 Å². The monoisotopic (exact) mass is 331 g/mol. The molecular formula is C15H22ClNO3S. The van der Waals surface area contributed by atoms with Gasteiger partial charge in [0.05, 0.1) is 11.9 Å². The molecule has 2 rings (SSSR count). The van der Waals surface area contributed by atoms with Gasteiger partial charge in [-0.1, -0.05) is 11.6 Å². The van der Waals surface area contributed by atoms with Gasteiger partial charge >= 0.3 is 0 Å². The summed E-state index contributed by atoms with van der Waals surface area (Å²) < 4.78 is 29.1. The maximum atomic E-state index is 11.7. The van der Waals surface area contributed by atoms with E-state index in [1.165, 1.54) is 6.26 Å². The zero-order valence-corrected chi connectivity index (χ0v) is 14.5. The molecule has 0 saturated carbocycles. The molecule has 21 heavy (non-hydrogen) atoms. The molecule has 6 heteroatoms. The third-order valence-corrected chi connectivity index (χ3v) is 6.26. The van der Waals surface area contributed by atoms with E-state index in [-0.39, 0.29) is 6.04 Å². The highest BCUT2D eigenvalue weighted by molar-refractivity contribution is 7.91. The average Bonchev–Trinajstić information content (AvgIpc) is 2.83. The van der Waals surface area contributed by atoms with Gasteiger partial charge in [-0.25, -0.2) is 8.42 Å². The van der Waals surface area contributed by atoms with Crippen molar-refractivity contribution < 1.29 is 13.2 Å². The number of halogens is 1. The first-order chi connectivity index (χ1) is 9.70. The lowest BCUT2D eigenvalue weighted by Gasteiger charge is -2.29. The number of rotatable bonds is 5. The van der Waals surface area contributed by atoms with Crippen LogP contribution in [0.2, 0.25) is 5.02 Å². The molecule has 0 aromatic heterocycles. The van der Waals surface area contributed by atoms with Crippen LogP contribution in [0.3, 0.4) is 0 Å². The predicted octanol–water partition coefficient (Wildman–Crippen LogP) is 2.53. The molecule has 1 aliphatic heterocycles. The lowest BCUT2D eigenvalue weighted by molar-refractivity contribution is 0.240. The Hall–Kier alpha value is -0.780. The normalized spacial score (nSPS) is 17.4. The molecule has 1 heterocycles. The summed E-state index contributed by atoms with van der Waals surface area (Å²) in [6.45, 7) is 4.97. The van der Waals surface area contributed by atoms with Gasteiger partial charge in [-0.05, 0) is 38.6 Å². The van der Waals surface area contributed by atoms with Crippen molar-refractivity contribution in [3.05, 3.63) is 28.3 Å². The second-order valence-electron chi connectivity index (χ2n) is 5.84. The molecule has 0 unspecified atom stereocenters. The van der Waals surface area contributed by atoms with Gasteiger partial charge in [-0.15, -0.1) is 0 Å². The molecule has 1 aromatic carbocycles. The maximum absolute atomic E-state index is 11.7. The Morgan fingerprint density at radius 2 is 2.05 bits per heavy atom. The zero-order chi connectivity index (χ0) is 15.8. The molecule has 1 aromatic rings. The fraction of sp³-hybridized carbons (Fsp3) is 0.600. The summed E-state index contributed by atoms with van der Waals surface area (Å²) in [4.78, 5) is 2.03. The number of sulfone groups is 1. The highest BCUT2D eigenvalue weighted by Crippen LogP contribution is 2.33. The number of ether oxygens (including phenoxy) is 1. The Balaban J connectivity index is 2.19. The fourth-order valence-corrected chi connectivity index (χ4v) is 3.78. The molecule has 0 N–H and O–H groups in total. The van der Waals surface area contributed by atoms with E-state index >= 15 is 0 Å². The Bertz CT molecular complexity index is 630. The van der Waals surface area contributed by atoms with Crippen LogP contribution >= 0.6 is 11.6 Å². The van der Waals surface area contributed by atoms with Crippen LogP contribution in [0.25, 0.3) is 0 Å². The molecule has 1 aliphatic rings. The summed E-state index contributed by atoms with van der Waals surface area (Å²) in [5, 5.41) is 0.280. The van der Waals surface area contributed by atoms with Crippen LogP contribution in [-0.4, -0.2) is 44.5 Å². The summed E-state index contributed by atoms with van der Waals surface area (Å²) in [6.07, 6.45) is 2.16. The van der Waals surface area contributed by atoms with E-state index in [1.807, 2.05) is 31.0 Å². The highest BCUT2D eigenvalue weighted by atomic mass is 35.5. The summed E-state index contributed by atoms with van der Waals surface area (Å²) in [5.74, 6) is 0.908. The second-order valence-corrected chi connectivity index (χ2v) is 8.68. The van der Waals surface area contributed by atoms with E-state index in [0.29, 0.717) is 18.2 Å². The Morgan fingerprint density at radius 3 is 2.67 bits per heavy atom. The number of benzene rings is 1. The van der Waals surface area contributed by atoms with E-state index in [4.69, 9.17) is 16.3 Å². The minimum absolute atomic E-state index is 0.0870. The Morgan fingerprint density at radius 1 is 1.38 bits per heavy atom. The molecule has 0 radical (unpaired) electrons. The lowest BCUT2D eigenvalue weighted by atomic mass is 10.1. The van der Waals surface area contributed by atoms with Crippen molar-refractivity contribution in [1.29, 1.82) is 0 Å². The van der Waals surface area contributed by atoms with Crippen LogP contribution in [0.15, 0.2) is 12.1 Å². The smallest absolute Gasteiger partial charge is 0.151 e. The van der Waals surface area contributed by atoms with Crippen LogP contribution < -0.4 is 4.74 Å². The van der Waals surface area contributed by atoms with Crippen molar-refractivity contribution in [3.8, 4) is 5.75 Å². The van der Waals surface area contributed by atoms with Gasteiger partial charge in [0.15, 0.2) is 9.84 Å². The fourth-order valence-electron chi connectivity index (χ4n) is 2.59. The first kappa shape index (κ1) is 16.6. The molecule has 0 fully saturated rings. The predicted molar refractivity (Wildman–Crippen MR) is 85.9 cm³/mol. The third-order valence-electron chi connectivity index (χ3n) is 4.30. The van der Waals surface area contributed by atoms with Crippen molar-refractivity contribution in [1.82, 2.24) is 4.90 Å². The molecule has 0 saturated heterocycles. The summed E-state index contributed by atoms with van der Waals surface area (Å²) in [7, 11) is -1.13. The van der Waals surface area contributed by atoms with Crippen molar-refractivity contribution in [3.63, 3.8) is 0 Å². The molecule has 0 aliphatic carbocycles. The van der Waals surface area contributed by atoms with E-state index in [9.17, 15) is 8.42 Å². The van der Waals surface area contributed by atoms with E-state index in [0.717, 1.165) is 23.3 Å². The van der Waals surface area contributed by atoms with Gasteiger partial charge in [0.25, 0.3) is 0 Å². The number of hydrogen-bond donors (Lipinski definition) is 0. The van der Waals surface area contributed by atoms with Gasteiger partial charge in [0.1, 0.15) is 5.75 Å². The first-order valence-corrected chi connectivity index (χ1v) is 9.36. The van der Waals surface area contributed by atoms with Crippen LogP contribution in [-0.2, 0) is 22.8 Å². The molecule has 0 bridgehead atoms. The van der Waals surface area contributed by atoms with Crippen LogP contribution in [0, 0.1) is 0 Å². The Labute approximate surface area is 132 Å². The van der Waals surface area contributed by atoms with Crippen LogP contribution in [0.1, 0.15) is 25.0 Å². The SMILES string of the molecule is C[C@H]([C@H](C)N(C)Cc1cc(Cl)cc2c1OCC2)S(C)(=O)=O. The minimum atomic E-state index is -3.06. The van der Waals surface area contributed by atoms with E-state index in [1.54, 1.807) is 6.92 Å². The molecule has 4 nitrogen and oxygen atoms in total. The highest BCUT2D eigenvalue weighted by Gasteiger charge is 2.27. The van der Waals surface area contributed by atoms with Gasteiger partial charge in [0.2, 0.25) is 0 Å². The van der Waals surface area contributed by atoms with Crippen LogP contribution in [0.5, 0.6) is 5.75 Å². The molecule has 0 spiro atoms. The lowest BCUT2D eigenvalue weighted by Crippen LogP contribution is -2.40. The van der Waals surface area contributed by atoms with Crippen molar-refractivity contribution in [2.24, 2.45) is 0 Å². The molecule has 2 atom stereocenters. The third kappa shape index (κ3) is 3.71.